The van der Waals surface area contributed by atoms with E-state index in [9.17, 15) is 5.11 Å². The van der Waals surface area contributed by atoms with Crippen molar-refractivity contribution in [2.75, 3.05) is 6.61 Å². The molecule has 0 aromatic rings. The number of fused-ring (bicyclic) bond motifs is 2. The van der Waals surface area contributed by atoms with E-state index in [1.165, 1.54) is 0 Å². The lowest BCUT2D eigenvalue weighted by Crippen LogP contribution is -2.63. The van der Waals surface area contributed by atoms with E-state index in [1.54, 1.807) is 0 Å². The molecule has 0 spiro atoms. The average molecular weight is 344 g/mol. The number of hydrogen-bond donors (Lipinski definition) is 1. The number of rotatable bonds is 2. The highest BCUT2D eigenvalue weighted by atomic mass is 16.8. The molecule has 3 aliphatic heterocycles. The lowest BCUT2D eigenvalue weighted by Gasteiger charge is -2.42. The molecule has 4 aliphatic rings. The van der Waals surface area contributed by atoms with Crippen LogP contribution in [-0.2, 0) is 28.4 Å². The molecule has 3 saturated heterocycles. The van der Waals surface area contributed by atoms with Crippen LogP contribution in [0.25, 0.3) is 0 Å². The summed E-state index contributed by atoms with van der Waals surface area (Å²) in [7, 11) is 0. The van der Waals surface area contributed by atoms with Crippen LogP contribution in [0, 0.1) is 0 Å². The van der Waals surface area contributed by atoms with Crippen molar-refractivity contribution in [2.24, 2.45) is 0 Å². The third kappa shape index (κ3) is 3.00. The van der Waals surface area contributed by atoms with Crippen molar-refractivity contribution in [1.82, 2.24) is 0 Å². The molecule has 1 N–H and O–H groups in total. The standard InChI is InChI=1S/C17H28O7/c1-16(2)21-11-10(18)12-15(24-17(3,4)22-12)13(14(11)23-16)20-9-7-5-6-8-19-9/h9-15,18H,5-8H2,1-4H3/t9-,10?,11-,12+,13?,14-,15-/m0/s1. The maximum absolute atomic E-state index is 10.7. The molecule has 7 nitrogen and oxygen atoms in total. The van der Waals surface area contributed by atoms with Gasteiger partial charge in [-0.2, -0.15) is 0 Å². The quantitative estimate of drug-likeness (QED) is 0.809. The van der Waals surface area contributed by atoms with Crippen LogP contribution >= 0.6 is 0 Å². The Morgan fingerprint density at radius 2 is 1.38 bits per heavy atom. The van der Waals surface area contributed by atoms with Crippen molar-refractivity contribution in [1.29, 1.82) is 0 Å². The molecule has 0 bridgehead atoms. The molecule has 1 saturated carbocycles. The molecule has 7 atom stereocenters. The molecule has 24 heavy (non-hydrogen) atoms. The highest BCUT2D eigenvalue weighted by molar-refractivity contribution is 5.08. The molecule has 7 heteroatoms. The van der Waals surface area contributed by atoms with Crippen molar-refractivity contribution >= 4 is 0 Å². The maximum Gasteiger partial charge on any atom is 0.164 e. The van der Waals surface area contributed by atoms with E-state index in [1.807, 2.05) is 27.7 Å². The molecule has 138 valence electrons. The molecule has 4 rings (SSSR count). The molecule has 4 fully saturated rings. The summed E-state index contributed by atoms with van der Waals surface area (Å²) >= 11 is 0. The second-order valence-electron chi connectivity index (χ2n) is 8.02. The van der Waals surface area contributed by atoms with Gasteiger partial charge >= 0.3 is 0 Å². The molecule has 2 unspecified atom stereocenters. The monoisotopic (exact) mass is 344 g/mol. The first-order valence-electron chi connectivity index (χ1n) is 8.92. The number of aliphatic hydroxyl groups is 1. The van der Waals surface area contributed by atoms with Gasteiger partial charge in [-0.3, -0.25) is 0 Å². The van der Waals surface area contributed by atoms with Crippen molar-refractivity contribution in [3.05, 3.63) is 0 Å². The summed E-state index contributed by atoms with van der Waals surface area (Å²) in [5.41, 5.74) is 0. The van der Waals surface area contributed by atoms with Crippen molar-refractivity contribution < 1.29 is 33.5 Å². The van der Waals surface area contributed by atoms with Gasteiger partial charge in [0.1, 0.15) is 36.6 Å². The molecule has 0 aromatic carbocycles. The lowest BCUT2D eigenvalue weighted by molar-refractivity contribution is -0.254. The Hall–Kier alpha value is -0.280. The van der Waals surface area contributed by atoms with Gasteiger partial charge in [0.05, 0.1) is 0 Å². The zero-order valence-electron chi connectivity index (χ0n) is 14.8. The summed E-state index contributed by atoms with van der Waals surface area (Å²) < 4.78 is 36.0. The van der Waals surface area contributed by atoms with E-state index in [-0.39, 0.29) is 6.29 Å². The average Bonchev–Trinajstić information content (AvgIpc) is 3.00. The van der Waals surface area contributed by atoms with E-state index in [4.69, 9.17) is 28.4 Å². The lowest BCUT2D eigenvalue weighted by atomic mass is 9.85. The molecule has 0 amide bonds. The van der Waals surface area contributed by atoms with Crippen molar-refractivity contribution in [3.8, 4) is 0 Å². The third-order valence-corrected chi connectivity index (χ3v) is 5.09. The minimum absolute atomic E-state index is 0.278. The first-order chi connectivity index (χ1) is 11.3. The predicted octanol–water partition coefficient (Wildman–Crippen LogP) is 1.31. The number of aliphatic hydroxyl groups excluding tert-OH is 1. The smallest absolute Gasteiger partial charge is 0.164 e. The van der Waals surface area contributed by atoms with Crippen LogP contribution in [0.2, 0.25) is 0 Å². The van der Waals surface area contributed by atoms with Crippen LogP contribution in [0.1, 0.15) is 47.0 Å². The zero-order valence-corrected chi connectivity index (χ0v) is 14.8. The molecule has 1 aliphatic carbocycles. The van der Waals surface area contributed by atoms with Gasteiger partial charge in [0.25, 0.3) is 0 Å². The fourth-order valence-electron chi connectivity index (χ4n) is 4.19. The van der Waals surface area contributed by atoms with Crippen LogP contribution in [-0.4, -0.2) is 66.2 Å². The summed E-state index contributed by atoms with van der Waals surface area (Å²) in [6.07, 6.45) is -0.375. The fraction of sp³-hybridized carbons (Fsp3) is 1.00. The SMILES string of the molecule is CC1(C)O[C@@H]2C(O[C@H]3CCCCO3)[C@H]3OC(C)(C)O[C@H]3C(O)[C@H]2O1. The topological polar surface area (TPSA) is 75.6 Å². The second-order valence-corrected chi connectivity index (χ2v) is 8.02. The maximum atomic E-state index is 10.7. The van der Waals surface area contributed by atoms with Crippen LogP contribution in [0.4, 0.5) is 0 Å². The minimum atomic E-state index is -0.823. The first kappa shape index (κ1) is 17.1. The molecule has 0 radical (unpaired) electrons. The fourth-order valence-corrected chi connectivity index (χ4v) is 4.19. The van der Waals surface area contributed by atoms with Gasteiger partial charge in [0.2, 0.25) is 0 Å². The van der Waals surface area contributed by atoms with Crippen LogP contribution < -0.4 is 0 Å². The molecular weight excluding hydrogens is 316 g/mol. The van der Waals surface area contributed by atoms with Crippen molar-refractivity contribution in [3.63, 3.8) is 0 Å². The number of hydrogen-bond acceptors (Lipinski definition) is 7. The van der Waals surface area contributed by atoms with Crippen LogP contribution in [0.5, 0.6) is 0 Å². The van der Waals surface area contributed by atoms with Crippen LogP contribution in [0.3, 0.4) is 0 Å². The van der Waals surface area contributed by atoms with Gasteiger partial charge in [-0.05, 0) is 47.0 Å². The second kappa shape index (κ2) is 5.87. The van der Waals surface area contributed by atoms with E-state index < -0.39 is 48.2 Å². The Balaban J connectivity index is 1.60. The summed E-state index contributed by atoms with van der Waals surface area (Å²) in [5.74, 6) is -1.56. The summed E-state index contributed by atoms with van der Waals surface area (Å²) in [6, 6.07) is 0. The van der Waals surface area contributed by atoms with E-state index in [0.29, 0.717) is 6.61 Å². The highest BCUT2D eigenvalue weighted by Crippen LogP contribution is 2.45. The molecule has 3 heterocycles. The Labute approximate surface area is 142 Å². The minimum Gasteiger partial charge on any atom is -0.387 e. The first-order valence-corrected chi connectivity index (χ1v) is 8.92. The Morgan fingerprint density at radius 1 is 0.833 bits per heavy atom. The number of ether oxygens (including phenoxy) is 6. The predicted molar refractivity (Wildman–Crippen MR) is 82.1 cm³/mol. The summed E-state index contributed by atoms with van der Waals surface area (Å²) in [4.78, 5) is 0. The van der Waals surface area contributed by atoms with Gasteiger partial charge in [0.15, 0.2) is 17.9 Å². The summed E-state index contributed by atoms with van der Waals surface area (Å²) in [6.45, 7) is 8.07. The Bertz CT molecular complexity index is 442. The zero-order chi connectivity index (χ0) is 17.1. The third-order valence-electron chi connectivity index (χ3n) is 5.09. The molecular formula is C17H28O7. The van der Waals surface area contributed by atoms with Gasteiger partial charge in [-0.25, -0.2) is 0 Å². The van der Waals surface area contributed by atoms with E-state index in [2.05, 4.69) is 0 Å². The largest absolute Gasteiger partial charge is 0.387 e. The Morgan fingerprint density at radius 3 is 1.88 bits per heavy atom. The van der Waals surface area contributed by atoms with Gasteiger partial charge in [0, 0.05) is 6.61 Å². The Kier molecular flexibility index (Phi) is 4.20. The van der Waals surface area contributed by atoms with Gasteiger partial charge in [-0.15, -0.1) is 0 Å². The highest BCUT2D eigenvalue weighted by Gasteiger charge is 2.63. The molecule has 0 aromatic heterocycles. The van der Waals surface area contributed by atoms with Gasteiger partial charge < -0.3 is 33.5 Å². The summed E-state index contributed by atoms with van der Waals surface area (Å²) in [5, 5.41) is 10.7. The normalized spacial score (nSPS) is 49.6. The van der Waals surface area contributed by atoms with Crippen LogP contribution in [0.15, 0.2) is 0 Å². The van der Waals surface area contributed by atoms with E-state index in [0.717, 1.165) is 19.3 Å². The van der Waals surface area contributed by atoms with Gasteiger partial charge in [-0.1, -0.05) is 0 Å². The van der Waals surface area contributed by atoms with E-state index >= 15 is 0 Å². The van der Waals surface area contributed by atoms with Crippen molar-refractivity contribution in [2.45, 2.75) is 101 Å².